The number of fused-ring (bicyclic) bond motifs is 2. The zero-order chi connectivity index (χ0) is 23.2. The minimum atomic E-state index is -0.599. The number of hydrogen-bond acceptors (Lipinski definition) is 4. The number of carbonyl (C=O) groups excluding carboxylic acids is 2. The number of amides is 2. The minimum Gasteiger partial charge on any atom is -0.484 e. The molecule has 0 unspecified atom stereocenters. The van der Waals surface area contributed by atoms with Crippen molar-refractivity contribution in [1.82, 2.24) is 10.6 Å². The van der Waals surface area contributed by atoms with Crippen LogP contribution in [0.5, 0.6) is 11.5 Å². The van der Waals surface area contributed by atoms with Gasteiger partial charge < -0.3 is 20.1 Å². The Morgan fingerprint density at radius 1 is 1.09 bits per heavy atom. The molecule has 1 atom stereocenters. The summed E-state index contributed by atoms with van der Waals surface area (Å²) >= 11 is 11.7. The van der Waals surface area contributed by atoms with Crippen LogP contribution in [0.25, 0.3) is 0 Å². The van der Waals surface area contributed by atoms with Crippen LogP contribution in [0, 0.1) is 5.82 Å². The first-order valence-corrected chi connectivity index (χ1v) is 11.7. The summed E-state index contributed by atoms with van der Waals surface area (Å²) in [4.78, 5) is 25.3. The third-order valence-corrected chi connectivity index (χ3v) is 7.29. The zero-order valence-electron chi connectivity index (χ0n) is 17.8. The second kappa shape index (κ2) is 8.37. The van der Waals surface area contributed by atoms with Gasteiger partial charge in [0.15, 0.2) is 12.7 Å². The summed E-state index contributed by atoms with van der Waals surface area (Å²) in [5, 5.41) is 6.86. The molecule has 0 spiro atoms. The Bertz CT molecular complexity index is 1120. The molecule has 3 saturated carbocycles. The molecule has 9 heteroatoms. The smallest absolute Gasteiger partial charge is 0.261 e. The van der Waals surface area contributed by atoms with Crippen molar-refractivity contribution < 1.29 is 23.5 Å². The maximum Gasteiger partial charge on any atom is 0.261 e. The van der Waals surface area contributed by atoms with Gasteiger partial charge >= 0.3 is 0 Å². The van der Waals surface area contributed by atoms with Crippen molar-refractivity contribution in [3.05, 3.63) is 57.8 Å². The fourth-order valence-electron chi connectivity index (χ4n) is 5.31. The molecule has 0 saturated heterocycles. The van der Waals surface area contributed by atoms with E-state index in [1.807, 2.05) is 6.07 Å². The van der Waals surface area contributed by atoms with E-state index in [1.165, 1.54) is 12.1 Å². The first-order chi connectivity index (χ1) is 15.7. The monoisotopic (exact) mass is 492 g/mol. The highest BCUT2D eigenvalue weighted by Crippen LogP contribution is 2.55. The first-order valence-electron chi connectivity index (χ1n) is 10.9. The molecule has 6 rings (SSSR count). The summed E-state index contributed by atoms with van der Waals surface area (Å²) in [5.74, 6) is -0.0608. The Kier molecular flexibility index (Phi) is 5.65. The summed E-state index contributed by atoms with van der Waals surface area (Å²) in [7, 11) is 0. The van der Waals surface area contributed by atoms with Crippen LogP contribution >= 0.6 is 23.2 Å². The second-order valence-electron chi connectivity index (χ2n) is 9.21. The van der Waals surface area contributed by atoms with Crippen LogP contribution in [-0.4, -0.2) is 35.6 Å². The minimum absolute atomic E-state index is 0.00302. The highest BCUT2D eigenvalue weighted by atomic mass is 35.5. The largest absolute Gasteiger partial charge is 0.484 e. The molecule has 2 aromatic rings. The molecule has 6 nitrogen and oxygen atoms in total. The Morgan fingerprint density at radius 2 is 1.85 bits per heavy atom. The maximum absolute atomic E-state index is 13.5. The highest BCUT2D eigenvalue weighted by Gasteiger charge is 2.62. The van der Waals surface area contributed by atoms with E-state index >= 15 is 0 Å². The summed E-state index contributed by atoms with van der Waals surface area (Å²) in [6.07, 6.45) is 3.71. The van der Waals surface area contributed by atoms with Crippen LogP contribution in [0.2, 0.25) is 10.0 Å². The Labute approximate surface area is 200 Å². The highest BCUT2D eigenvalue weighted by molar-refractivity contribution is 6.31. The summed E-state index contributed by atoms with van der Waals surface area (Å²) in [5.41, 5.74) is 0.365. The van der Waals surface area contributed by atoms with Gasteiger partial charge in [-0.15, -0.1) is 0 Å². The number of rotatable bonds is 6. The van der Waals surface area contributed by atoms with Gasteiger partial charge in [-0.05, 0) is 74.4 Å². The van der Waals surface area contributed by atoms with E-state index < -0.39 is 11.9 Å². The van der Waals surface area contributed by atoms with Crippen LogP contribution in [0.4, 0.5) is 4.39 Å². The zero-order valence-corrected chi connectivity index (χ0v) is 19.3. The average molecular weight is 493 g/mol. The fraction of sp³-hybridized carbons (Fsp3) is 0.417. The van der Waals surface area contributed by atoms with Gasteiger partial charge in [-0.3, -0.25) is 9.59 Å². The number of hydrogen-bond donors (Lipinski definition) is 2. The third-order valence-electron chi connectivity index (χ3n) is 6.75. The summed E-state index contributed by atoms with van der Waals surface area (Å²) in [6.45, 7) is -0.221. The van der Waals surface area contributed by atoms with Gasteiger partial charge in [0.1, 0.15) is 17.3 Å². The fourth-order valence-corrected chi connectivity index (χ4v) is 5.62. The molecular formula is C24H23Cl2FN2O4. The number of nitrogens with one attached hydrogen (secondary N) is 2. The number of aryl methyl sites for hydroxylation is 1. The molecule has 3 fully saturated rings. The predicted octanol–water partition coefficient (Wildman–Crippen LogP) is 4.20. The number of carbonyl (C=O) groups is 2. The van der Waals surface area contributed by atoms with Crippen molar-refractivity contribution in [2.45, 2.75) is 55.7 Å². The van der Waals surface area contributed by atoms with Crippen molar-refractivity contribution in [3.8, 4) is 11.5 Å². The van der Waals surface area contributed by atoms with Gasteiger partial charge in [-0.1, -0.05) is 23.2 Å². The topological polar surface area (TPSA) is 76.7 Å². The molecule has 2 amide bonds. The van der Waals surface area contributed by atoms with Crippen LogP contribution < -0.4 is 20.1 Å². The van der Waals surface area contributed by atoms with Gasteiger partial charge in [0.25, 0.3) is 11.8 Å². The average Bonchev–Trinajstić information content (AvgIpc) is 3.28. The van der Waals surface area contributed by atoms with E-state index in [0.717, 1.165) is 30.9 Å². The van der Waals surface area contributed by atoms with Crippen LogP contribution in [0.3, 0.4) is 0 Å². The molecule has 0 aromatic heterocycles. The molecule has 2 N–H and O–H groups in total. The van der Waals surface area contributed by atoms with Crippen molar-refractivity contribution in [2.24, 2.45) is 0 Å². The lowest BCUT2D eigenvalue weighted by Gasteiger charge is -2.48. The SMILES string of the molecule is O=C(COc1ccc(Cl)c(F)c1)NC12CCC(NC(=O)[C@H]3CCc4cc(Cl)ccc4O3)(C1)C2. The van der Waals surface area contributed by atoms with E-state index in [-0.39, 0.29) is 40.3 Å². The van der Waals surface area contributed by atoms with E-state index in [4.69, 9.17) is 32.7 Å². The molecule has 2 aromatic carbocycles. The normalized spacial score (nSPS) is 27.1. The number of benzene rings is 2. The van der Waals surface area contributed by atoms with Crippen molar-refractivity contribution in [3.63, 3.8) is 0 Å². The van der Waals surface area contributed by atoms with Crippen molar-refractivity contribution in [1.29, 1.82) is 0 Å². The molecule has 4 aliphatic rings. The molecule has 1 aliphatic heterocycles. The third kappa shape index (κ3) is 4.49. The number of halogens is 3. The molecule has 33 heavy (non-hydrogen) atoms. The lowest BCUT2D eigenvalue weighted by atomic mass is 9.71. The molecule has 1 heterocycles. The van der Waals surface area contributed by atoms with Crippen LogP contribution in [0.1, 0.15) is 37.7 Å². The molecule has 3 aliphatic carbocycles. The standard InChI is InChI=1S/C24H23Cl2FN2O4/c25-15-2-6-19-14(9-15)1-5-20(33-19)22(31)29-24-8-7-23(12-24,13-24)28-21(30)11-32-16-3-4-17(26)18(27)10-16/h2-4,6,9-10,20H,1,5,7-8,11-13H2,(H,28,30)(H,29,31)/t20-,23?,24?/m1/s1. The predicted molar refractivity (Wildman–Crippen MR) is 121 cm³/mol. The lowest BCUT2D eigenvalue weighted by Crippen LogP contribution is -2.66. The molecule has 174 valence electrons. The Balaban J connectivity index is 1.11. The van der Waals surface area contributed by atoms with Gasteiger partial charge in [0.05, 0.1) is 5.02 Å². The Morgan fingerprint density at radius 3 is 2.61 bits per heavy atom. The maximum atomic E-state index is 13.5. The summed E-state index contributed by atoms with van der Waals surface area (Å²) in [6, 6.07) is 9.47. The van der Waals surface area contributed by atoms with Crippen molar-refractivity contribution >= 4 is 35.0 Å². The second-order valence-corrected chi connectivity index (χ2v) is 10.1. The molecule has 2 bridgehead atoms. The van der Waals surface area contributed by atoms with Crippen LogP contribution in [0.15, 0.2) is 36.4 Å². The Hall–Kier alpha value is -2.51. The van der Waals surface area contributed by atoms with Gasteiger partial charge in [0.2, 0.25) is 0 Å². The van der Waals surface area contributed by atoms with Gasteiger partial charge in [-0.2, -0.15) is 0 Å². The molecular weight excluding hydrogens is 470 g/mol. The first kappa shape index (κ1) is 22.3. The number of ether oxygens (including phenoxy) is 2. The molecule has 0 radical (unpaired) electrons. The van der Waals surface area contributed by atoms with Crippen LogP contribution in [-0.2, 0) is 16.0 Å². The van der Waals surface area contributed by atoms with Crippen molar-refractivity contribution in [2.75, 3.05) is 6.61 Å². The quantitative estimate of drug-likeness (QED) is 0.633. The van der Waals surface area contributed by atoms with E-state index in [9.17, 15) is 14.0 Å². The van der Waals surface area contributed by atoms with Gasteiger partial charge in [-0.25, -0.2) is 4.39 Å². The summed E-state index contributed by atoms with van der Waals surface area (Å²) < 4.78 is 24.8. The van der Waals surface area contributed by atoms with E-state index in [2.05, 4.69) is 10.6 Å². The van der Waals surface area contributed by atoms with Gasteiger partial charge in [0, 0.05) is 22.2 Å². The van der Waals surface area contributed by atoms with E-state index in [1.54, 1.807) is 12.1 Å². The van der Waals surface area contributed by atoms with E-state index in [0.29, 0.717) is 30.0 Å². The lowest BCUT2D eigenvalue weighted by molar-refractivity contribution is -0.132.